The summed E-state index contributed by atoms with van der Waals surface area (Å²) >= 11 is 1.35. The molecule has 0 saturated carbocycles. The molecule has 0 aromatic carbocycles. The number of nitrogens with zero attached hydrogens (tertiary/aromatic N) is 2. The average molecular weight is 284 g/mol. The van der Waals surface area contributed by atoms with Crippen LogP contribution in [-0.2, 0) is 4.79 Å². The van der Waals surface area contributed by atoms with E-state index in [2.05, 4.69) is 16.9 Å². The average Bonchev–Trinajstić information content (AvgIpc) is 2.45. The smallest absolute Gasteiger partial charge is 0.220 e. The molecule has 19 heavy (non-hydrogen) atoms. The van der Waals surface area contributed by atoms with Gasteiger partial charge in [-0.15, -0.1) is 0 Å². The third-order valence-corrected chi connectivity index (χ3v) is 3.62. The molecular formula is C13H20N2O3S. The van der Waals surface area contributed by atoms with Gasteiger partial charge >= 0.3 is 0 Å². The normalized spacial score (nSPS) is 11.9. The minimum absolute atomic E-state index is 0.122. The molecule has 1 unspecified atom stereocenters. The topological polar surface area (TPSA) is 61.3 Å². The van der Waals surface area contributed by atoms with Gasteiger partial charge in [0.15, 0.2) is 5.16 Å². The maximum atomic E-state index is 11.1. The van der Waals surface area contributed by atoms with Crippen LogP contribution in [-0.4, -0.2) is 35.7 Å². The number of thioether (sulfide) groups is 1. The van der Waals surface area contributed by atoms with E-state index >= 15 is 0 Å². The second-order valence-corrected chi connectivity index (χ2v) is 5.23. The molecule has 1 rings (SSSR count). The number of carbonyl (C=O) groups excluding carboxylic acids is 1. The SMILES string of the molecule is CCCCCC(C=O)Sc1nc(OC)cc(OC)n1. The summed E-state index contributed by atoms with van der Waals surface area (Å²) in [7, 11) is 3.07. The van der Waals surface area contributed by atoms with Crippen LogP contribution in [0.1, 0.15) is 32.6 Å². The lowest BCUT2D eigenvalue weighted by Gasteiger charge is -2.10. The molecule has 0 aliphatic carbocycles. The van der Waals surface area contributed by atoms with Gasteiger partial charge in [0, 0.05) is 0 Å². The lowest BCUT2D eigenvalue weighted by molar-refractivity contribution is -0.107. The summed E-state index contributed by atoms with van der Waals surface area (Å²) in [6, 6.07) is 1.61. The second kappa shape index (κ2) is 8.74. The molecule has 0 radical (unpaired) electrons. The van der Waals surface area contributed by atoms with Crippen molar-refractivity contribution in [2.45, 2.75) is 43.0 Å². The number of carbonyl (C=O) groups is 1. The predicted molar refractivity (Wildman–Crippen MR) is 75.0 cm³/mol. The first-order valence-corrected chi connectivity index (χ1v) is 7.20. The highest BCUT2D eigenvalue weighted by Crippen LogP contribution is 2.26. The minimum Gasteiger partial charge on any atom is -0.481 e. The van der Waals surface area contributed by atoms with Crippen molar-refractivity contribution in [1.82, 2.24) is 9.97 Å². The van der Waals surface area contributed by atoms with Crippen LogP contribution in [0.2, 0.25) is 0 Å². The molecule has 0 aliphatic rings. The maximum absolute atomic E-state index is 11.1. The quantitative estimate of drug-likeness (QED) is 0.301. The van der Waals surface area contributed by atoms with E-state index < -0.39 is 0 Å². The van der Waals surface area contributed by atoms with Gasteiger partial charge in [0.05, 0.1) is 25.5 Å². The molecule has 0 fully saturated rings. The van der Waals surface area contributed by atoms with Crippen LogP contribution < -0.4 is 9.47 Å². The lowest BCUT2D eigenvalue weighted by Crippen LogP contribution is -2.06. The number of ether oxygens (including phenoxy) is 2. The number of aromatic nitrogens is 2. The minimum atomic E-state index is -0.122. The van der Waals surface area contributed by atoms with E-state index in [4.69, 9.17) is 9.47 Å². The monoisotopic (exact) mass is 284 g/mol. The Hall–Kier alpha value is -1.30. The van der Waals surface area contributed by atoms with Crippen molar-refractivity contribution in [2.75, 3.05) is 14.2 Å². The third-order valence-electron chi connectivity index (χ3n) is 2.58. The highest BCUT2D eigenvalue weighted by molar-refractivity contribution is 8.00. The fourth-order valence-electron chi connectivity index (χ4n) is 1.53. The first kappa shape index (κ1) is 15.8. The van der Waals surface area contributed by atoms with Crippen molar-refractivity contribution in [2.24, 2.45) is 0 Å². The van der Waals surface area contributed by atoms with Crippen LogP contribution in [0.25, 0.3) is 0 Å². The molecular weight excluding hydrogens is 264 g/mol. The molecule has 0 amide bonds. The Labute approximate surface area is 118 Å². The Morgan fingerprint density at radius 2 is 1.89 bits per heavy atom. The molecule has 0 aliphatic heterocycles. The molecule has 5 nitrogen and oxygen atoms in total. The van der Waals surface area contributed by atoms with Crippen LogP contribution in [0.5, 0.6) is 11.8 Å². The van der Waals surface area contributed by atoms with Gasteiger partial charge in [-0.05, 0) is 6.42 Å². The summed E-state index contributed by atoms with van der Waals surface area (Å²) in [5, 5.41) is 0.383. The molecule has 1 aromatic heterocycles. The van der Waals surface area contributed by atoms with Gasteiger partial charge in [-0.2, -0.15) is 9.97 Å². The van der Waals surface area contributed by atoms with Crippen molar-refractivity contribution < 1.29 is 14.3 Å². The van der Waals surface area contributed by atoms with Crippen LogP contribution in [0.15, 0.2) is 11.2 Å². The number of methoxy groups -OCH3 is 2. The van der Waals surface area contributed by atoms with E-state index in [-0.39, 0.29) is 5.25 Å². The first-order chi connectivity index (χ1) is 9.23. The number of rotatable bonds is 9. The van der Waals surface area contributed by atoms with E-state index in [9.17, 15) is 4.79 Å². The summed E-state index contributed by atoms with van der Waals surface area (Å²) in [6.07, 6.45) is 5.10. The fourth-order valence-corrected chi connectivity index (χ4v) is 2.43. The Morgan fingerprint density at radius 3 is 2.37 bits per heavy atom. The Bertz CT molecular complexity index is 379. The van der Waals surface area contributed by atoms with Gasteiger partial charge < -0.3 is 14.3 Å². The number of aldehydes is 1. The maximum Gasteiger partial charge on any atom is 0.220 e. The molecule has 1 heterocycles. The van der Waals surface area contributed by atoms with Crippen LogP contribution in [0.3, 0.4) is 0 Å². The van der Waals surface area contributed by atoms with Crippen molar-refractivity contribution >= 4 is 18.0 Å². The molecule has 1 aromatic rings. The number of hydrogen-bond acceptors (Lipinski definition) is 6. The Balaban J connectivity index is 2.69. The molecule has 0 spiro atoms. The van der Waals surface area contributed by atoms with Crippen molar-refractivity contribution in [3.8, 4) is 11.8 Å². The van der Waals surface area contributed by atoms with E-state index in [1.54, 1.807) is 6.07 Å². The number of hydrogen-bond donors (Lipinski definition) is 0. The third kappa shape index (κ3) is 5.46. The summed E-state index contributed by atoms with van der Waals surface area (Å²) < 4.78 is 10.2. The summed E-state index contributed by atoms with van der Waals surface area (Å²) in [4.78, 5) is 19.5. The summed E-state index contributed by atoms with van der Waals surface area (Å²) in [6.45, 7) is 2.14. The standard InChI is InChI=1S/C13H20N2O3S/c1-4-5-6-7-10(9-16)19-13-14-11(17-2)8-12(15-13)18-3/h8-10H,4-7H2,1-3H3. The van der Waals surface area contributed by atoms with Crippen LogP contribution in [0, 0.1) is 0 Å². The van der Waals surface area contributed by atoms with Gasteiger partial charge in [0.25, 0.3) is 0 Å². The van der Waals surface area contributed by atoms with E-state index in [1.807, 2.05) is 0 Å². The van der Waals surface area contributed by atoms with E-state index in [0.29, 0.717) is 16.9 Å². The molecule has 0 saturated heterocycles. The predicted octanol–water partition coefficient (Wildman–Crippen LogP) is 2.73. The highest BCUT2D eigenvalue weighted by atomic mass is 32.2. The van der Waals surface area contributed by atoms with E-state index in [0.717, 1.165) is 32.0 Å². The van der Waals surface area contributed by atoms with Gasteiger partial charge in [-0.3, -0.25) is 0 Å². The van der Waals surface area contributed by atoms with Gasteiger partial charge in [-0.1, -0.05) is 37.9 Å². The van der Waals surface area contributed by atoms with Gasteiger partial charge in [0.1, 0.15) is 6.29 Å². The zero-order chi connectivity index (χ0) is 14.1. The molecule has 1 atom stereocenters. The molecule has 6 heteroatoms. The molecule has 0 bridgehead atoms. The zero-order valence-corrected chi connectivity index (χ0v) is 12.4. The summed E-state index contributed by atoms with van der Waals surface area (Å²) in [5.74, 6) is 0.875. The van der Waals surface area contributed by atoms with Crippen LogP contribution in [0.4, 0.5) is 0 Å². The van der Waals surface area contributed by atoms with Crippen LogP contribution >= 0.6 is 11.8 Å². The zero-order valence-electron chi connectivity index (χ0n) is 11.6. The molecule has 106 valence electrons. The highest BCUT2D eigenvalue weighted by Gasteiger charge is 2.13. The number of unbranched alkanes of at least 4 members (excludes halogenated alkanes) is 2. The Morgan fingerprint density at radius 1 is 1.26 bits per heavy atom. The van der Waals surface area contributed by atoms with Crippen molar-refractivity contribution in [3.63, 3.8) is 0 Å². The lowest BCUT2D eigenvalue weighted by atomic mass is 10.2. The summed E-state index contributed by atoms with van der Waals surface area (Å²) in [5.41, 5.74) is 0. The second-order valence-electron chi connectivity index (χ2n) is 4.02. The Kier molecular flexibility index (Phi) is 7.25. The van der Waals surface area contributed by atoms with E-state index in [1.165, 1.54) is 26.0 Å². The largest absolute Gasteiger partial charge is 0.481 e. The molecule has 0 N–H and O–H groups in total. The van der Waals surface area contributed by atoms with Gasteiger partial charge in [0.2, 0.25) is 11.8 Å². The first-order valence-electron chi connectivity index (χ1n) is 6.32. The van der Waals surface area contributed by atoms with Crippen molar-refractivity contribution in [1.29, 1.82) is 0 Å². The van der Waals surface area contributed by atoms with Gasteiger partial charge in [-0.25, -0.2) is 0 Å². The fraction of sp³-hybridized carbons (Fsp3) is 0.615. The van der Waals surface area contributed by atoms with Crippen molar-refractivity contribution in [3.05, 3.63) is 6.07 Å².